The van der Waals surface area contributed by atoms with Gasteiger partial charge in [-0.15, -0.1) is 0 Å². The van der Waals surface area contributed by atoms with Crippen LogP contribution in [0.1, 0.15) is 16.7 Å². The van der Waals surface area contributed by atoms with Crippen LogP contribution < -0.4 is 4.74 Å². The molecule has 1 aliphatic rings. The van der Waals surface area contributed by atoms with Crippen molar-refractivity contribution in [2.45, 2.75) is 6.61 Å². The number of hydrogen-bond donors (Lipinski definition) is 0. The number of nitro benzene ring substituents is 1. The third-order valence-corrected chi connectivity index (χ3v) is 6.53. The van der Waals surface area contributed by atoms with E-state index in [1.54, 1.807) is 48.5 Å². The van der Waals surface area contributed by atoms with E-state index in [0.717, 1.165) is 0 Å². The molecule has 0 saturated heterocycles. The molecule has 34 heavy (non-hydrogen) atoms. The van der Waals surface area contributed by atoms with Crippen LogP contribution in [0.25, 0.3) is 6.08 Å². The van der Waals surface area contributed by atoms with E-state index in [4.69, 9.17) is 32.7 Å². The van der Waals surface area contributed by atoms with Crippen molar-refractivity contribution in [2.24, 2.45) is 4.99 Å². The lowest BCUT2D eigenvalue weighted by Gasteiger charge is -2.11. The van der Waals surface area contributed by atoms with Gasteiger partial charge < -0.3 is 9.47 Å². The summed E-state index contributed by atoms with van der Waals surface area (Å²) >= 11 is 18.9. The largest absolute Gasteiger partial charge is 0.487 e. The fourth-order valence-corrected chi connectivity index (χ4v) is 4.78. The second kappa shape index (κ2) is 10.3. The van der Waals surface area contributed by atoms with Crippen molar-refractivity contribution in [3.05, 3.63) is 106 Å². The molecule has 0 aromatic heterocycles. The van der Waals surface area contributed by atoms with Crippen LogP contribution in [0.5, 0.6) is 5.75 Å². The molecule has 0 aliphatic carbocycles. The van der Waals surface area contributed by atoms with Gasteiger partial charge in [0.2, 0.25) is 5.90 Å². The molecule has 0 spiro atoms. The molecule has 0 saturated carbocycles. The molecule has 0 atom stereocenters. The molecule has 3 aromatic carbocycles. The summed E-state index contributed by atoms with van der Waals surface area (Å²) in [5.74, 6) is 0.0341. The van der Waals surface area contributed by atoms with Crippen molar-refractivity contribution in [1.29, 1.82) is 0 Å². The number of rotatable bonds is 6. The number of nitro groups is 1. The Bertz CT molecular complexity index is 1370. The maximum Gasteiger partial charge on any atom is 0.363 e. The number of hydrogen-bond acceptors (Lipinski definition) is 6. The quantitative estimate of drug-likeness (QED) is 0.123. The van der Waals surface area contributed by atoms with E-state index >= 15 is 0 Å². The Balaban J connectivity index is 1.55. The summed E-state index contributed by atoms with van der Waals surface area (Å²) in [6.45, 7) is 0.128. The highest BCUT2D eigenvalue weighted by molar-refractivity contribution is 9.11. The first-order valence-electron chi connectivity index (χ1n) is 9.54. The second-order valence-electron chi connectivity index (χ2n) is 6.99. The normalized spacial score (nSPS) is 14.2. The molecule has 3 aromatic rings. The first-order valence-corrected chi connectivity index (χ1v) is 11.9. The van der Waals surface area contributed by atoms with Crippen molar-refractivity contribution < 1.29 is 19.2 Å². The molecule has 0 amide bonds. The topological polar surface area (TPSA) is 91.0 Å². The summed E-state index contributed by atoms with van der Waals surface area (Å²) in [5.41, 5.74) is 1.94. The fourth-order valence-electron chi connectivity index (χ4n) is 3.04. The standard InChI is InChI=1S/C23H12Br2Cl2N2O5/c24-16-7-13(8-17(25)21(16)33-11-12-2-1-3-15(6-12)29(31)32)9-20-23(30)34-22(28-20)14-4-5-18(26)19(27)10-14/h1-10H,11H2/b20-9-. The Kier molecular flexibility index (Phi) is 7.37. The van der Waals surface area contributed by atoms with Gasteiger partial charge in [-0.05, 0) is 79.4 Å². The van der Waals surface area contributed by atoms with E-state index in [1.165, 1.54) is 12.1 Å². The average Bonchev–Trinajstić information content (AvgIpc) is 3.15. The first-order chi connectivity index (χ1) is 16.2. The second-order valence-corrected chi connectivity index (χ2v) is 9.52. The van der Waals surface area contributed by atoms with Gasteiger partial charge in [-0.3, -0.25) is 10.1 Å². The van der Waals surface area contributed by atoms with Crippen LogP contribution in [0.3, 0.4) is 0 Å². The summed E-state index contributed by atoms with van der Waals surface area (Å²) in [4.78, 5) is 27.1. The smallest absolute Gasteiger partial charge is 0.363 e. The van der Waals surface area contributed by atoms with Crippen LogP contribution in [0.2, 0.25) is 10.0 Å². The summed E-state index contributed by atoms with van der Waals surface area (Å²) < 4.78 is 12.3. The van der Waals surface area contributed by atoms with Crippen LogP contribution in [0.15, 0.2) is 74.2 Å². The fraction of sp³-hybridized carbons (Fsp3) is 0.0435. The van der Waals surface area contributed by atoms with Gasteiger partial charge in [-0.2, -0.15) is 0 Å². The summed E-state index contributed by atoms with van der Waals surface area (Å²) in [5, 5.41) is 11.7. The van der Waals surface area contributed by atoms with Gasteiger partial charge in [0.15, 0.2) is 5.70 Å². The minimum atomic E-state index is -0.598. The van der Waals surface area contributed by atoms with Crippen molar-refractivity contribution in [2.75, 3.05) is 0 Å². The number of benzene rings is 3. The number of esters is 1. The highest BCUT2D eigenvalue weighted by atomic mass is 79.9. The maximum absolute atomic E-state index is 12.3. The van der Waals surface area contributed by atoms with E-state index in [0.29, 0.717) is 41.4 Å². The highest BCUT2D eigenvalue weighted by Gasteiger charge is 2.25. The summed E-state index contributed by atoms with van der Waals surface area (Å²) in [6, 6.07) is 14.5. The van der Waals surface area contributed by atoms with Gasteiger partial charge in [0.25, 0.3) is 5.69 Å². The first kappa shape index (κ1) is 24.4. The molecule has 0 unspecified atom stereocenters. The number of carbonyl (C=O) groups is 1. The Hall–Kier alpha value is -2.72. The molecule has 0 bridgehead atoms. The molecule has 4 rings (SSSR count). The third-order valence-electron chi connectivity index (χ3n) is 4.62. The number of carbonyl (C=O) groups excluding carboxylic acids is 1. The monoisotopic (exact) mass is 624 g/mol. The predicted octanol–water partition coefficient (Wildman–Crippen LogP) is 7.35. The lowest BCUT2D eigenvalue weighted by molar-refractivity contribution is -0.384. The molecular formula is C23H12Br2Cl2N2O5. The van der Waals surface area contributed by atoms with E-state index in [2.05, 4.69) is 36.9 Å². The van der Waals surface area contributed by atoms with Crippen LogP contribution >= 0.6 is 55.1 Å². The van der Waals surface area contributed by atoms with Crippen molar-refractivity contribution in [3.63, 3.8) is 0 Å². The van der Waals surface area contributed by atoms with Crippen LogP contribution in [-0.2, 0) is 16.1 Å². The van der Waals surface area contributed by atoms with Crippen LogP contribution in [-0.4, -0.2) is 16.8 Å². The number of non-ortho nitro benzene ring substituents is 1. The molecule has 0 radical (unpaired) electrons. The molecule has 1 aliphatic heterocycles. The van der Waals surface area contributed by atoms with E-state index in [9.17, 15) is 14.9 Å². The van der Waals surface area contributed by atoms with Gasteiger partial charge in [0.1, 0.15) is 12.4 Å². The Morgan fingerprint density at radius 1 is 1.06 bits per heavy atom. The minimum absolute atomic E-state index is 0.00884. The molecular weight excluding hydrogens is 615 g/mol. The van der Waals surface area contributed by atoms with Crippen molar-refractivity contribution in [1.82, 2.24) is 0 Å². The third kappa shape index (κ3) is 5.50. The molecule has 0 N–H and O–H groups in total. The van der Waals surface area contributed by atoms with Gasteiger partial charge >= 0.3 is 5.97 Å². The Morgan fingerprint density at radius 3 is 2.47 bits per heavy atom. The predicted molar refractivity (Wildman–Crippen MR) is 136 cm³/mol. The zero-order chi connectivity index (χ0) is 24.4. The number of aliphatic imine (C=N–C) groups is 1. The number of ether oxygens (including phenoxy) is 2. The van der Waals surface area contributed by atoms with Crippen molar-refractivity contribution in [3.8, 4) is 5.75 Å². The average molecular weight is 627 g/mol. The zero-order valence-corrected chi connectivity index (χ0v) is 21.6. The molecule has 172 valence electrons. The number of nitrogens with zero attached hydrogens (tertiary/aromatic N) is 2. The number of cyclic esters (lactones) is 1. The zero-order valence-electron chi connectivity index (χ0n) is 16.9. The molecule has 11 heteroatoms. The Labute approximate surface area is 220 Å². The highest BCUT2D eigenvalue weighted by Crippen LogP contribution is 2.36. The summed E-state index contributed by atoms with van der Waals surface area (Å²) in [7, 11) is 0. The van der Waals surface area contributed by atoms with E-state index in [1.807, 2.05) is 0 Å². The maximum atomic E-state index is 12.3. The lowest BCUT2D eigenvalue weighted by atomic mass is 10.2. The van der Waals surface area contributed by atoms with Gasteiger partial charge in [0.05, 0.1) is 23.9 Å². The van der Waals surface area contributed by atoms with E-state index < -0.39 is 10.9 Å². The summed E-state index contributed by atoms with van der Waals surface area (Å²) in [6.07, 6.45) is 1.58. The molecule has 1 heterocycles. The van der Waals surface area contributed by atoms with Gasteiger partial charge in [-0.25, -0.2) is 9.79 Å². The number of halogens is 4. The SMILES string of the molecule is O=C1OC(c2ccc(Cl)c(Cl)c2)=N/C1=C\c1cc(Br)c(OCc2cccc([N+](=O)[O-])c2)c(Br)c1. The van der Waals surface area contributed by atoms with Gasteiger partial charge in [-0.1, -0.05) is 35.3 Å². The molecule has 0 fully saturated rings. The lowest BCUT2D eigenvalue weighted by Crippen LogP contribution is -2.05. The molecule has 7 nitrogen and oxygen atoms in total. The minimum Gasteiger partial charge on any atom is -0.487 e. The van der Waals surface area contributed by atoms with Gasteiger partial charge in [0, 0.05) is 17.7 Å². The van der Waals surface area contributed by atoms with Crippen LogP contribution in [0, 0.1) is 10.1 Å². The van der Waals surface area contributed by atoms with Crippen LogP contribution in [0.4, 0.5) is 5.69 Å². The Morgan fingerprint density at radius 2 is 1.79 bits per heavy atom. The van der Waals surface area contributed by atoms with Crippen molar-refractivity contribution >= 4 is 78.7 Å². The van der Waals surface area contributed by atoms with E-state index in [-0.39, 0.29) is 23.9 Å².